The summed E-state index contributed by atoms with van der Waals surface area (Å²) >= 11 is 0. The normalized spacial score (nSPS) is 31.8. The molecule has 3 heteroatoms. The van der Waals surface area contributed by atoms with Crippen LogP contribution in [0.1, 0.15) is 19.8 Å². The maximum atomic E-state index is 10.4. The molecule has 1 unspecified atom stereocenters. The van der Waals surface area contributed by atoms with Crippen molar-refractivity contribution in [3.05, 3.63) is 0 Å². The first-order valence-corrected chi connectivity index (χ1v) is 3.36. The first-order chi connectivity index (χ1) is 4.73. The van der Waals surface area contributed by atoms with Crippen LogP contribution >= 0.6 is 0 Å². The summed E-state index contributed by atoms with van der Waals surface area (Å²) in [7, 11) is 0. The molecule has 54 valence electrons. The highest BCUT2D eigenvalue weighted by molar-refractivity contribution is 5.51. The molecule has 1 aliphatic rings. The van der Waals surface area contributed by atoms with E-state index in [1.165, 1.54) is 0 Å². The van der Waals surface area contributed by atoms with E-state index in [-0.39, 0.29) is 0 Å². The Kier molecular flexibility index (Phi) is 1.62. The SMILES string of the molecule is CC1(C#N)CCCN1C=O. The van der Waals surface area contributed by atoms with E-state index in [1.54, 1.807) is 11.8 Å². The molecule has 0 aliphatic carbocycles. The van der Waals surface area contributed by atoms with Crippen molar-refractivity contribution in [3.63, 3.8) is 0 Å². The molecule has 0 N–H and O–H groups in total. The molecule has 0 bridgehead atoms. The molecular weight excluding hydrogens is 128 g/mol. The summed E-state index contributed by atoms with van der Waals surface area (Å²) in [5.41, 5.74) is -0.526. The Bertz CT molecular complexity index is 185. The third kappa shape index (κ3) is 0.860. The molecule has 10 heavy (non-hydrogen) atoms. The zero-order valence-corrected chi connectivity index (χ0v) is 6.00. The smallest absolute Gasteiger partial charge is 0.210 e. The lowest BCUT2D eigenvalue weighted by Crippen LogP contribution is -2.38. The maximum absolute atomic E-state index is 10.4. The van der Waals surface area contributed by atoms with Gasteiger partial charge in [0.05, 0.1) is 6.07 Å². The summed E-state index contributed by atoms with van der Waals surface area (Å²) in [5.74, 6) is 0. The topological polar surface area (TPSA) is 44.1 Å². The second-order valence-corrected chi connectivity index (χ2v) is 2.79. The molecule has 0 radical (unpaired) electrons. The van der Waals surface area contributed by atoms with Crippen LogP contribution in [0.3, 0.4) is 0 Å². The van der Waals surface area contributed by atoms with Crippen molar-refractivity contribution in [1.29, 1.82) is 5.26 Å². The molecule has 1 aliphatic heterocycles. The minimum atomic E-state index is -0.526. The Balaban J connectivity index is 2.77. The minimum absolute atomic E-state index is 0.526. The van der Waals surface area contributed by atoms with Gasteiger partial charge in [0.1, 0.15) is 5.54 Å². The van der Waals surface area contributed by atoms with Crippen LogP contribution in [0.4, 0.5) is 0 Å². The van der Waals surface area contributed by atoms with Gasteiger partial charge < -0.3 is 4.90 Å². The van der Waals surface area contributed by atoms with Gasteiger partial charge in [0.15, 0.2) is 0 Å². The molecular formula is C7H10N2O. The Hall–Kier alpha value is -1.04. The fourth-order valence-electron chi connectivity index (χ4n) is 1.27. The van der Waals surface area contributed by atoms with Gasteiger partial charge in [0, 0.05) is 6.54 Å². The van der Waals surface area contributed by atoms with E-state index in [9.17, 15) is 4.79 Å². The van der Waals surface area contributed by atoms with Crippen LogP contribution in [-0.2, 0) is 4.79 Å². The third-order valence-corrected chi connectivity index (χ3v) is 2.06. The minimum Gasteiger partial charge on any atom is -0.327 e. The van der Waals surface area contributed by atoms with Crippen molar-refractivity contribution in [2.75, 3.05) is 6.54 Å². The van der Waals surface area contributed by atoms with E-state index >= 15 is 0 Å². The quantitative estimate of drug-likeness (QED) is 0.496. The number of carbonyl (C=O) groups is 1. The van der Waals surface area contributed by atoms with E-state index in [0.29, 0.717) is 0 Å². The van der Waals surface area contributed by atoms with Gasteiger partial charge in [-0.1, -0.05) is 0 Å². The Morgan fingerprint density at radius 2 is 2.50 bits per heavy atom. The molecule has 1 rings (SSSR count). The molecule has 1 fully saturated rings. The van der Waals surface area contributed by atoms with Gasteiger partial charge in [-0.3, -0.25) is 4.79 Å². The summed E-state index contributed by atoms with van der Waals surface area (Å²) in [5, 5.41) is 8.68. The second-order valence-electron chi connectivity index (χ2n) is 2.79. The zero-order valence-electron chi connectivity index (χ0n) is 6.00. The van der Waals surface area contributed by atoms with E-state index in [1.807, 2.05) is 0 Å². The van der Waals surface area contributed by atoms with E-state index in [4.69, 9.17) is 5.26 Å². The predicted molar refractivity (Wildman–Crippen MR) is 36.0 cm³/mol. The first-order valence-electron chi connectivity index (χ1n) is 3.36. The molecule has 0 aromatic heterocycles. The van der Waals surface area contributed by atoms with Crippen LogP contribution in [0.15, 0.2) is 0 Å². The monoisotopic (exact) mass is 138 g/mol. The van der Waals surface area contributed by atoms with Crippen molar-refractivity contribution < 1.29 is 4.79 Å². The Labute approximate surface area is 60.2 Å². The van der Waals surface area contributed by atoms with Crippen molar-refractivity contribution in [1.82, 2.24) is 4.90 Å². The predicted octanol–water partition coefficient (Wildman–Crippen LogP) is 0.521. The largest absolute Gasteiger partial charge is 0.327 e. The van der Waals surface area contributed by atoms with Gasteiger partial charge in [-0.25, -0.2) is 0 Å². The molecule has 1 heterocycles. The third-order valence-electron chi connectivity index (χ3n) is 2.06. The summed E-state index contributed by atoms with van der Waals surface area (Å²) in [6.45, 7) is 2.53. The molecule has 1 atom stereocenters. The van der Waals surface area contributed by atoms with Crippen molar-refractivity contribution in [2.45, 2.75) is 25.3 Å². The number of rotatable bonds is 1. The highest BCUT2D eigenvalue weighted by Crippen LogP contribution is 2.25. The van der Waals surface area contributed by atoms with Gasteiger partial charge in [-0.05, 0) is 19.8 Å². The van der Waals surface area contributed by atoms with Crippen LogP contribution < -0.4 is 0 Å². The highest BCUT2D eigenvalue weighted by atomic mass is 16.1. The van der Waals surface area contributed by atoms with Gasteiger partial charge in [0.2, 0.25) is 6.41 Å². The maximum Gasteiger partial charge on any atom is 0.210 e. The number of hydrogen-bond donors (Lipinski definition) is 0. The van der Waals surface area contributed by atoms with Crippen LogP contribution in [0.25, 0.3) is 0 Å². The fourth-order valence-corrected chi connectivity index (χ4v) is 1.27. The Morgan fingerprint density at radius 1 is 1.80 bits per heavy atom. The lowest BCUT2D eigenvalue weighted by molar-refractivity contribution is -0.119. The lowest BCUT2D eigenvalue weighted by atomic mass is 10.0. The fraction of sp³-hybridized carbons (Fsp3) is 0.714. The average Bonchev–Trinajstić information content (AvgIpc) is 2.32. The summed E-state index contributed by atoms with van der Waals surface area (Å²) in [6, 6.07) is 2.14. The molecule has 0 saturated carbocycles. The van der Waals surface area contributed by atoms with E-state index in [0.717, 1.165) is 25.8 Å². The molecule has 0 aromatic rings. The summed E-state index contributed by atoms with van der Waals surface area (Å²) in [6.07, 6.45) is 2.52. The first kappa shape index (κ1) is 7.07. The van der Waals surface area contributed by atoms with Crippen molar-refractivity contribution >= 4 is 6.41 Å². The van der Waals surface area contributed by atoms with Gasteiger partial charge in [-0.15, -0.1) is 0 Å². The molecule has 3 nitrogen and oxygen atoms in total. The average molecular weight is 138 g/mol. The summed E-state index contributed by atoms with van der Waals surface area (Å²) < 4.78 is 0. The number of amides is 1. The number of nitriles is 1. The van der Waals surface area contributed by atoms with E-state index in [2.05, 4.69) is 6.07 Å². The second kappa shape index (κ2) is 2.30. The van der Waals surface area contributed by atoms with Crippen molar-refractivity contribution in [2.24, 2.45) is 0 Å². The zero-order chi connectivity index (χ0) is 7.61. The van der Waals surface area contributed by atoms with Crippen LogP contribution in [-0.4, -0.2) is 23.4 Å². The summed E-state index contributed by atoms with van der Waals surface area (Å²) in [4.78, 5) is 11.9. The number of likely N-dealkylation sites (tertiary alicyclic amines) is 1. The van der Waals surface area contributed by atoms with Crippen LogP contribution in [0.5, 0.6) is 0 Å². The van der Waals surface area contributed by atoms with Gasteiger partial charge in [-0.2, -0.15) is 5.26 Å². The molecule has 1 amide bonds. The standard InChI is InChI=1S/C7H10N2O/c1-7(5-8)3-2-4-9(7)6-10/h6H,2-4H2,1H3. The van der Waals surface area contributed by atoms with Crippen molar-refractivity contribution in [3.8, 4) is 6.07 Å². The highest BCUT2D eigenvalue weighted by Gasteiger charge is 2.35. The number of hydrogen-bond acceptors (Lipinski definition) is 2. The van der Waals surface area contributed by atoms with Gasteiger partial charge >= 0.3 is 0 Å². The molecule has 0 spiro atoms. The molecule has 1 saturated heterocycles. The number of carbonyl (C=O) groups excluding carboxylic acids is 1. The van der Waals surface area contributed by atoms with Gasteiger partial charge in [0.25, 0.3) is 0 Å². The number of nitrogens with zero attached hydrogens (tertiary/aromatic N) is 2. The Morgan fingerprint density at radius 3 is 2.90 bits per heavy atom. The lowest BCUT2D eigenvalue weighted by Gasteiger charge is -2.23. The molecule has 0 aromatic carbocycles. The van der Waals surface area contributed by atoms with E-state index < -0.39 is 5.54 Å². The van der Waals surface area contributed by atoms with Crippen LogP contribution in [0, 0.1) is 11.3 Å². The van der Waals surface area contributed by atoms with Crippen LogP contribution in [0.2, 0.25) is 0 Å².